The summed E-state index contributed by atoms with van der Waals surface area (Å²) in [5.74, 6) is -1.55. The number of carboxylic acids is 1. The van der Waals surface area contributed by atoms with Gasteiger partial charge in [-0.05, 0) is 12.8 Å². The monoisotopic (exact) mass is 264 g/mol. The van der Waals surface area contributed by atoms with Crippen LogP contribution in [0.5, 0.6) is 0 Å². The fraction of sp³-hybridized carbons (Fsp3) is 0.778. The molecule has 1 unspecified atom stereocenters. The number of amides is 1. The summed E-state index contributed by atoms with van der Waals surface area (Å²) in [6.45, 7) is 0.529. The zero-order valence-electron chi connectivity index (χ0n) is 9.55. The van der Waals surface area contributed by atoms with Crippen molar-refractivity contribution in [3.8, 4) is 0 Å². The smallest absolute Gasteiger partial charge is 0.303 e. The maximum absolute atomic E-state index is 11.5. The van der Waals surface area contributed by atoms with Gasteiger partial charge in [0.1, 0.15) is 6.04 Å². The van der Waals surface area contributed by atoms with Gasteiger partial charge in [-0.15, -0.1) is 0 Å². The number of nitrogens with one attached hydrogen (secondary N) is 1. The number of hydrogen-bond donors (Lipinski definition) is 2. The number of nitrogens with zero attached hydrogens (tertiary/aromatic N) is 1. The van der Waals surface area contributed by atoms with Gasteiger partial charge in [0.25, 0.3) is 0 Å². The van der Waals surface area contributed by atoms with E-state index < -0.39 is 22.0 Å². The Morgan fingerprint density at radius 2 is 2.24 bits per heavy atom. The molecule has 1 saturated heterocycles. The molecule has 0 saturated carbocycles. The molecule has 1 aliphatic rings. The summed E-state index contributed by atoms with van der Waals surface area (Å²) in [6, 6.07) is -0.699. The van der Waals surface area contributed by atoms with E-state index in [9.17, 15) is 18.0 Å². The average Bonchev–Trinajstić information content (AvgIpc) is 2.48. The predicted octanol–water partition coefficient (Wildman–Crippen LogP) is -0.999. The van der Waals surface area contributed by atoms with Gasteiger partial charge >= 0.3 is 5.97 Å². The van der Waals surface area contributed by atoms with Crippen LogP contribution in [0, 0.1) is 0 Å². The highest BCUT2D eigenvalue weighted by Crippen LogP contribution is 2.10. The van der Waals surface area contributed by atoms with Crippen molar-refractivity contribution in [2.45, 2.75) is 25.3 Å². The number of carbonyl (C=O) groups is 2. The highest BCUT2D eigenvalue weighted by atomic mass is 32.2. The van der Waals surface area contributed by atoms with E-state index in [1.165, 1.54) is 4.90 Å². The van der Waals surface area contributed by atoms with Gasteiger partial charge in [0.05, 0.1) is 5.75 Å². The second kappa shape index (κ2) is 5.46. The van der Waals surface area contributed by atoms with Gasteiger partial charge in [0.15, 0.2) is 0 Å². The summed E-state index contributed by atoms with van der Waals surface area (Å²) in [5.41, 5.74) is 0. The van der Waals surface area contributed by atoms with E-state index >= 15 is 0 Å². The Hall–Kier alpha value is -1.15. The molecule has 0 spiro atoms. The summed E-state index contributed by atoms with van der Waals surface area (Å²) in [5, 5.41) is 8.40. The zero-order chi connectivity index (χ0) is 13.1. The van der Waals surface area contributed by atoms with E-state index in [2.05, 4.69) is 4.72 Å². The Morgan fingerprint density at radius 1 is 1.59 bits per heavy atom. The molecule has 1 aliphatic heterocycles. The first-order valence-corrected chi connectivity index (χ1v) is 6.94. The third-order valence-corrected chi connectivity index (χ3v) is 4.02. The van der Waals surface area contributed by atoms with Crippen molar-refractivity contribution in [3.05, 3.63) is 0 Å². The SMILES string of the molecule is CN1CCC(NS(=O)(=O)CCCC(=O)O)C1=O. The van der Waals surface area contributed by atoms with Gasteiger partial charge in [0, 0.05) is 20.0 Å². The second-order valence-corrected chi connectivity index (χ2v) is 5.91. The van der Waals surface area contributed by atoms with Gasteiger partial charge < -0.3 is 10.0 Å². The van der Waals surface area contributed by atoms with Crippen LogP contribution in [0.25, 0.3) is 0 Å². The predicted molar refractivity (Wildman–Crippen MR) is 59.8 cm³/mol. The van der Waals surface area contributed by atoms with Crippen molar-refractivity contribution in [2.75, 3.05) is 19.3 Å². The molecule has 0 aromatic carbocycles. The summed E-state index contributed by atoms with van der Waals surface area (Å²) in [7, 11) is -1.97. The maximum atomic E-state index is 11.5. The molecule has 1 rings (SSSR count). The molecule has 7 nitrogen and oxygen atoms in total. The van der Waals surface area contributed by atoms with Gasteiger partial charge in [-0.3, -0.25) is 9.59 Å². The van der Waals surface area contributed by atoms with Gasteiger partial charge in [-0.2, -0.15) is 0 Å². The summed E-state index contributed by atoms with van der Waals surface area (Å²) >= 11 is 0. The van der Waals surface area contributed by atoms with E-state index in [4.69, 9.17) is 5.11 Å². The van der Waals surface area contributed by atoms with Crippen LogP contribution in [0.4, 0.5) is 0 Å². The lowest BCUT2D eigenvalue weighted by molar-refractivity contribution is -0.137. The molecule has 0 aliphatic carbocycles. The highest BCUT2D eigenvalue weighted by Gasteiger charge is 2.32. The van der Waals surface area contributed by atoms with Crippen LogP contribution in [0.2, 0.25) is 0 Å². The Morgan fingerprint density at radius 3 is 2.71 bits per heavy atom. The Bertz CT molecular complexity index is 406. The Balaban J connectivity index is 2.44. The zero-order valence-corrected chi connectivity index (χ0v) is 10.4. The lowest BCUT2D eigenvalue weighted by atomic mass is 10.3. The quantitative estimate of drug-likeness (QED) is 0.640. The van der Waals surface area contributed by atoms with E-state index in [1.807, 2.05) is 0 Å². The van der Waals surface area contributed by atoms with E-state index in [-0.39, 0.29) is 24.5 Å². The van der Waals surface area contributed by atoms with Crippen LogP contribution in [-0.2, 0) is 19.6 Å². The molecule has 0 bridgehead atoms. The molecule has 1 heterocycles. The van der Waals surface area contributed by atoms with Crippen molar-refractivity contribution in [1.29, 1.82) is 0 Å². The number of carboxylic acid groups (broad SMARTS) is 1. The fourth-order valence-electron chi connectivity index (χ4n) is 1.62. The van der Waals surface area contributed by atoms with Gasteiger partial charge in [-0.25, -0.2) is 13.1 Å². The highest BCUT2D eigenvalue weighted by molar-refractivity contribution is 7.89. The van der Waals surface area contributed by atoms with Crippen molar-refractivity contribution in [3.63, 3.8) is 0 Å². The standard InChI is InChI=1S/C9H16N2O5S/c1-11-5-4-7(9(11)14)10-17(15,16)6-2-3-8(12)13/h7,10H,2-6H2,1H3,(H,12,13). The largest absolute Gasteiger partial charge is 0.481 e. The van der Waals surface area contributed by atoms with E-state index in [0.717, 1.165) is 0 Å². The normalized spacial score (nSPS) is 20.9. The maximum Gasteiger partial charge on any atom is 0.303 e. The van der Waals surface area contributed by atoms with Gasteiger partial charge in [-0.1, -0.05) is 0 Å². The minimum Gasteiger partial charge on any atom is -0.481 e. The van der Waals surface area contributed by atoms with Crippen molar-refractivity contribution in [2.24, 2.45) is 0 Å². The topological polar surface area (TPSA) is 104 Å². The minimum atomic E-state index is -3.58. The number of likely N-dealkylation sites (N-methyl/N-ethyl adjacent to an activating group) is 1. The summed E-state index contributed by atoms with van der Waals surface area (Å²) in [4.78, 5) is 23.2. The molecular weight excluding hydrogens is 248 g/mol. The fourth-order valence-corrected chi connectivity index (χ4v) is 2.92. The van der Waals surface area contributed by atoms with Crippen LogP contribution in [0.15, 0.2) is 0 Å². The first kappa shape index (κ1) is 13.9. The molecular formula is C9H16N2O5S. The van der Waals surface area contributed by atoms with Crippen molar-refractivity contribution >= 4 is 21.9 Å². The van der Waals surface area contributed by atoms with E-state index in [1.54, 1.807) is 7.05 Å². The van der Waals surface area contributed by atoms with Crippen LogP contribution in [0.3, 0.4) is 0 Å². The van der Waals surface area contributed by atoms with Gasteiger partial charge in [0.2, 0.25) is 15.9 Å². The third-order valence-electron chi connectivity index (χ3n) is 2.55. The number of rotatable bonds is 6. The number of likely N-dealkylation sites (tertiary alicyclic amines) is 1. The van der Waals surface area contributed by atoms with Crippen LogP contribution >= 0.6 is 0 Å². The molecule has 17 heavy (non-hydrogen) atoms. The molecule has 1 fully saturated rings. The van der Waals surface area contributed by atoms with E-state index in [0.29, 0.717) is 13.0 Å². The number of hydrogen-bond acceptors (Lipinski definition) is 4. The first-order chi connectivity index (χ1) is 7.82. The van der Waals surface area contributed by atoms with Crippen LogP contribution in [0.1, 0.15) is 19.3 Å². The molecule has 8 heteroatoms. The lowest BCUT2D eigenvalue weighted by Gasteiger charge is -2.12. The molecule has 1 atom stereocenters. The molecule has 0 radical (unpaired) electrons. The van der Waals surface area contributed by atoms with Crippen LogP contribution in [-0.4, -0.2) is 55.7 Å². The van der Waals surface area contributed by atoms with Crippen molar-refractivity contribution in [1.82, 2.24) is 9.62 Å². The molecule has 0 aromatic rings. The Labute approximate surface area is 99.8 Å². The number of carbonyl (C=O) groups excluding carboxylic acids is 1. The number of sulfonamides is 1. The minimum absolute atomic E-state index is 0.0431. The third kappa shape index (κ3) is 4.31. The molecule has 1 amide bonds. The molecule has 0 aromatic heterocycles. The first-order valence-electron chi connectivity index (χ1n) is 5.28. The lowest BCUT2D eigenvalue weighted by Crippen LogP contribution is -2.41. The summed E-state index contributed by atoms with van der Waals surface area (Å²) in [6.07, 6.45) is 0.300. The van der Waals surface area contributed by atoms with Crippen molar-refractivity contribution < 1.29 is 23.1 Å². The average molecular weight is 264 g/mol. The molecule has 98 valence electrons. The van der Waals surface area contributed by atoms with Crippen LogP contribution < -0.4 is 4.72 Å². The second-order valence-electron chi connectivity index (χ2n) is 4.04. The number of aliphatic carboxylic acids is 1. The Kier molecular flexibility index (Phi) is 4.47. The molecule has 2 N–H and O–H groups in total. The summed E-state index contributed by atoms with van der Waals surface area (Å²) < 4.78 is 25.4.